The van der Waals surface area contributed by atoms with Crippen LogP contribution in [0.4, 0.5) is 0 Å². The second kappa shape index (κ2) is 8.12. The van der Waals surface area contributed by atoms with E-state index in [2.05, 4.69) is 5.32 Å². The van der Waals surface area contributed by atoms with Gasteiger partial charge in [-0.2, -0.15) is 0 Å². The topological polar surface area (TPSA) is 110 Å². The number of piperazine rings is 1. The molecule has 166 valence electrons. The number of carbonyl (C=O) groups excluding carboxylic acids is 3. The standard InChI is InChI=1S/C22H22N4O6/c27-15-8-9-25-19(20(15)32-13-14-5-2-1-3-6-14)22(30)24-12-17(28)23-11-18(24)26(25)21(29)16-7-4-10-31-16/h1-3,5-6,8-9,16,18H,4,7,10-13H2,(H,23,28)/t16-,18-/m1/s1. The average Bonchev–Trinajstić information content (AvgIpc) is 3.35. The summed E-state index contributed by atoms with van der Waals surface area (Å²) < 4.78 is 12.8. The summed E-state index contributed by atoms with van der Waals surface area (Å²) in [4.78, 5) is 52.8. The Bertz CT molecular complexity index is 1120. The number of amides is 3. The summed E-state index contributed by atoms with van der Waals surface area (Å²) in [6.07, 6.45) is 1.34. The molecule has 2 aromatic rings. The van der Waals surface area contributed by atoms with E-state index in [1.54, 1.807) is 0 Å². The molecular formula is C22H22N4O6. The SMILES string of the molecule is O=C1CN2C(=O)c3c(OCc4ccccc4)c(=O)ccn3N(C(=O)[C@H]3CCCO3)[C@@H]2CN1. The van der Waals surface area contributed by atoms with Crippen molar-refractivity contribution in [2.75, 3.05) is 24.7 Å². The quantitative estimate of drug-likeness (QED) is 0.719. The lowest BCUT2D eigenvalue weighted by atomic mass is 10.1. The molecule has 1 aromatic carbocycles. The predicted molar refractivity (Wildman–Crippen MR) is 112 cm³/mol. The minimum Gasteiger partial charge on any atom is -0.482 e. The molecule has 5 rings (SSSR count). The molecule has 0 aliphatic carbocycles. The summed E-state index contributed by atoms with van der Waals surface area (Å²) in [5.74, 6) is -1.37. The molecule has 10 nitrogen and oxygen atoms in total. The van der Waals surface area contributed by atoms with Crippen LogP contribution >= 0.6 is 0 Å². The zero-order valence-electron chi connectivity index (χ0n) is 17.2. The van der Waals surface area contributed by atoms with E-state index in [0.717, 1.165) is 12.0 Å². The van der Waals surface area contributed by atoms with Crippen LogP contribution in [0, 0.1) is 0 Å². The van der Waals surface area contributed by atoms with Crippen molar-refractivity contribution in [1.82, 2.24) is 14.9 Å². The van der Waals surface area contributed by atoms with Gasteiger partial charge >= 0.3 is 0 Å². The molecule has 0 saturated carbocycles. The first-order valence-corrected chi connectivity index (χ1v) is 10.5. The summed E-state index contributed by atoms with van der Waals surface area (Å²) in [5, 5.41) is 4.10. The third kappa shape index (κ3) is 3.42. The summed E-state index contributed by atoms with van der Waals surface area (Å²) in [6, 6.07) is 10.5. The first-order chi connectivity index (χ1) is 15.5. The van der Waals surface area contributed by atoms with Crippen LogP contribution in [-0.4, -0.2) is 59.3 Å². The summed E-state index contributed by atoms with van der Waals surface area (Å²) >= 11 is 0. The van der Waals surface area contributed by atoms with Gasteiger partial charge in [-0.15, -0.1) is 0 Å². The molecule has 0 radical (unpaired) electrons. The number of hydrogen-bond donors (Lipinski definition) is 1. The van der Waals surface area contributed by atoms with E-state index in [1.807, 2.05) is 30.3 Å². The van der Waals surface area contributed by atoms with E-state index in [0.29, 0.717) is 13.0 Å². The highest BCUT2D eigenvalue weighted by Gasteiger charge is 2.47. The lowest BCUT2D eigenvalue weighted by Crippen LogP contribution is -2.71. The Morgan fingerprint density at radius 1 is 1.16 bits per heavy atom. The lowest BCUT2D eigenvalue weighted by Gasteiger charge is -2.47. The van der Waals surface area contributed by atoms with Gasteiger partial charge < -0.3 is 19.7 Å². The first-order valence-electron chi connectivity index (χ1n) is 10.5. The largest absolute Gasteiger partial charge is 0.482 e. The molecule has 2 saturated heterocycles. The zero-order valence-corrected chi connectivity index (χ0v) is 17.2. The number of carbonyl (C=O) groups is 3. The van der Waals surface area contributed by atoms with E-state index in [9.17, 15) is 19.2 Å². The number of hydrogen-bond acceptors (Lipinski definition) is 6. The lowest BCUT2D eigenvalue weighted by molar-refractivity contribution is -0.133. The van der Waals surface area contributed by atoms with Gasteiger partial charge in [0.15, 0.2) is 11.4 Å². The molecule has 0 spiro atoms. The van der Waals surface area contributed by atoms with E-state index in [4.69, 9.17) is 9.47 Å². The van der Waals surface area contributed by atoms with Gasteiger partial charge in [-0.3, -0.25) is 19.2 Å². The van der Waals surface area contributed by atoms with Crippen molar-refractivity contribution < 1.29 is 23.9 Å². The van der Waals surface area contributed by atoms with Gasteiger partial charge in [-0.1, -0.05) is 30.3 Å². The Kier molecular flexibility index (Phi) is 5.14. The number of fused-ring (bicyclic) bond motifs is 2. The Morgan fingerprint density at radius 2 is 1.97 bits per heavy atom. The molecule has 4 heterocycles. The third-order valence-corrected chi connectivity index (χ3v) is 5.83. The van der Waals surface area contributed by atoms with Crippen LogP contribution in [0.15, 0.2) is 47.4 Å². The highest BCUT2D eigenvalue weighted by molar-refractivity contribution is 6.02. The number of aromatic nitrogens is 1. The van der Waals surface area contributed by atoms with Crippen molar-refractivity contribution in [3.63, 3.8) is 0 Å². The maximum Gasteiger partial charge on any atom is 0.278 e. The van der Waals surface area contributed by atoms with Crippen LogP contribution in [0.3, 0.4) is 0 Å². The maximum absolute atomic E-state index is 13.4. The number of ether oxygens (including phenoxy) is 2. The molecule has 1 N–H and O–H groups in total. The number of nitrogens with zero attached hydrogens (tertiary/aromatic N) is 3. The van der Waals surface area contributed by atoms with Crippen LogP contribution in [0.1, 0.15) is 28.9 Å². The molecular weight excluding hydrogens is 416 g/mol. The van der Waals surface area contributed by atoms with E-state index < -0.39 is 23.6 Å². The summed E-state index contributed by atoms with van der Waals surface area (Å²) in [6.45, 7) is 0.412. The molecule has 32 heavy (non-hydrogen) atoms. The Balaban J connectivity index is 1.58. The van der Waals surface area contributed by atoms with Crippen LogP contribution in [0.2, 0.25) is 0 Å². The van der Waals surface area contributed by atoms with Crippen molar-refractivity contribution in [3.8, 4) is 5.75 Å². The van der Waals surface area contributed by atoms with Crippen molar-refractivity contribution in [3.05, 3.63) is 64.1 Å². The monoisotopic (exact) mass is 438 g/mol. The van der Waals surface area contributed by atoms with Gasteiger partial charge in [-0.25, -0.2) is 9.69 Å². The molecule has 1 aromatic heterocycles. The molecule has 2 fully saturated rings. The van der Waals surface area contributed by atoms with Crippen molar-refractivity contribution in [2.24, 2.45) is 0 Å². The van der Waals surface area contributed by atoms with Gasteiger partial charge in [0, 0.05) is 18.9 Å². The van der Waals surface area contributed by atoms with E-state index >= 15 is 0 Å². The fourth-order valence-electron chi connectivity index (χ4n) is 4.26. The van der Waals surface area contributed by atoms with Crippen LogP contribution in [-0.2, 0) is 20.9 Å². The molecule has 3 amide bonds. The molecule has 0 bridgehead atoms. The van der Waals surface area contributed by atoms with Gasteiger partial charge in [0.05, 0.1) is 6.54 Å². The minimum atomic E-state index is -0.728. The summed E-state index contributed by atoms with van der Waals surface area (Å²) in [7, 11) is 0. The smallest absolute Gasteiger partial charge is 0.278 e. The highest BCUT2D eigenvalue weighted by Crippen LogP contribution is 2.28. The predicted octanol–water partition coefficient (Wildman–Crippen LogP) is -0.0174. The second-order valence-electron chi connectivity index (χ2n) is 7.88. The first kappa shape index (κ1) is 20.3. The molecule has 0 unspecified atom stereocenters. The third-order valence-electron chi connectivity index (χ3n) is 5.83. The van der Waals surface area contributed by atoms with Crippen LogP contribution in [0.5, 0.6) is 5.75 Å². The van der Waals surface area contributed by atoms with Crippen LogP contribution < -0.4 is 20.5 Å². The molecule has 2 atom stereocenters. The van der Waals surface area contributed by atoms with Gasteiger partial charge in [0.25, 0.3) is 11.8 Å². The summed E-state index contributed by atoms with van der Waals surface area (Å²) in [5.41, 5.74) is 0.260. The van der Waals surface area contributed by atoms with Crippen molar-refractivity contribution in [2.45, 2.75) is 31.7 Å². The van der Waals surface area contributed by atoms with Crippen molar-refractivity contribution in [1.29, 1.82) is 0 Å². The fraction of sp³-hybridized carbons (Fsp3) is 0.364. The Labute approximate surface area is 183 Å². The van der Waals surface area contributed by atoms with E-state index in [1.165, 1.54) is 26.8 Å². The number of benzene rings is 1. The molecule has 3 aliphatic rings. The van der Waals surface area contributed by atoms with Gasteiger partial charge in [0.2, 0.25) is 11.3 Å². The molecule has 3 aliphatic heterocycles. The normalized spacial score (nSPS) is 22.2. The zero-order chi connectivity index (χ0) is 22.2. The maximum atomic E-state index is 13.4. The number of rotatable bonds is 4. The molecule has 10 heteroatoms. The Morgan fingerprint density at radius 3 is 2.72 bits per heavy atom. The van der Waals surface area contributed by atoms with E-state index in [-0.39, 0.29) is 43.0 Å². The van der Waals surface area contributed by atoms with Crippen LogP contribution in [0.25, 0.3) is 0 Å². The fourth-order valence-corrected chi connectivity index (χ4v) is 4.26. The van der Waals surface area contributed by atoms with Crippen molar-refractivity contribution >= 4 is 17.7 Å². The minimum absolute atomic E-state index is 0.0734. The van der Waals surface area contributed by atoms with Gasteiger partial charge in [-0.05, 0) is 18.4 Å². The highest BCUT2D eigenvalue weighted by atomic mass is 16.5. The second-order valence-corrected chi connectivity index (χ2v) is 7.88. The number of pyridine rings is 1. The Hall–Kier alpha value is -3.66. The van der Waals surface area contributed by atoms with Gasteiger partial charge in [0.1, 0.15) is 25.4 Å². The number of nitrogens with one attached hydrogen (secondary N) is 1. The average molecular weight is 438 g/mol.